The van der Waals surface area contributed by atoms with Crippen molar-refractivity contribution < 1.29 is 22.5 Å². The number of hydrogen-bond donors (Lipinski definition) is 1. The van der Waals surface area contributed by atoms with Crippen LogP contribution in [0.2, 0.25) is 0 Å². The number of nitrogens with zero attached hydrogens (tertiary/aromatic N) is 6. The van der Waals surface area contributed by atoms with Gasteiger partial charge in [0.1, 0.15) is 18.6 Å². The van der Waals surface area contributed by atoms with Gasteiger partial charge < -0.3 is 9.42 Å². The molecule has 1 unspecified atom stereocenters. The topological polar surface area (TPSA) is 123 Å². The molecule has 0 bridgehead atoms. The number of carbonyl (C=O) groups is 1. The molecule has 0 radical (unpaired) electrons. The number of H-pyrrole nitrogens is 1. The second-order valence-corrected chi connectivity index (χ2v) is 6.57. The van der Waals surface area contributed by atoms with E-state index in [9.17, 15) is 22.8 Å². The third-order valence-electron chi connectivity index (χ3n) is 4.82. The van der Waals surface area contributed by atoms with Gasteiger partial charge in [-0.1, -0.05) is 11.2 Å². The Balaban J connectivity index is 1.61. The minimum absolute atomic E-state index is 0.0704. The fraction of sp³-hybridized carbons (Fsp3) is 0.375. The van der Waals surface area contributed by atoms with E-state index in [4.69, 9.17) is 4.52 Å². The highest BCUT2D eigenvalue weighted by molar-refractivity contribution is 5.76. The smallest absolute Gasteiger partial charge is 0.340 e. The fourth-order valence-corrected chi connectivity index (χ4v) is 3.20. The van der Waals surface area contributed by atoms with Crippen LogP contribution in [0.1, 0.15) is 12.3 Å². The zero-order valence-electron chi connectivity index (χ0n) is 14.8. The van der Waals surface area contributed by atoms with Crippen molar-refractivity contribution in [3.8, 4) is 11.5 Å². The lowest BCUT2D eigenvalue weighted by atomic mass is 9.86. The lowest BCUT2D eigenvalue weighted by Crippen LogP contribution is -2.46. The molecule has 3 aromatic heterocycles. The average Bonchev–Trinajstić information content (AvgIpc) is 3.42. The van der Waals surface area contributed by atoms with Crippen LogP contribution in [0.4, 0.5) is 13.2 Å². The lowest BCUT2D eigenvalue weighted by Gasteiger charge is -2.27. The zero-order valence-corrected chi connectivity index (χ0v) is 14.8. The van der Waals surface area contributed by atoms with Crippen LogP contribution in [0.25, 0.3) is 11.5 Å². The minimum Gasteiger partial charge on any atom is -0.340 e. The summed E-state index contributed by atoms with van der Waals surface area (Å²) < 4.78 is 48.1. The molecule has 1 aliphatic rings. The van der Waals surface area contributed by atoms with Gasteiger partial charge in [0.2, 0.25) is 17.6 Å². The highest BCUT2D eigenvalue weighted by atomic mass is 19.4. The second kappa shape index (κ2) is 6.83. The van der Waals surface area contributed by atoms with Crippen molar-refractivity contribution in [2.45, 2.75) is 24.6 Å². The molecule has 1 N–H and O–H groups in total. The molecule has 1 aliphatic heterocycles. The fourth-order valence-electron chi connectivity index (χ4n) is 3.20. The van der Waals surface area contributed by atoms with E-state index in [1.807, 2.05) is 0 Å². The molecule has 1 saturated heterocycles. The van der Waals surface area contributed by atoms with Gasteiger partial charge in [-0.25, -0.2) is 9.89 Å². The molecular weight excluding hydrogens is 395 g/mol. The predicted octanol–water partition coefficient (Wildman–Crippen LogP) is 0.749. The maximum atomic E-state index is 14.0. The highest BCUT2D eigenvalue weighted by Gasteiger charge is 2.63. The standard InChI is InChI=1S/C16H14F3N7O3/c17-16(18,19)15(13-22-12(24-29-13)10-3-1-2-5-20-10)4-6-25(8-15)11(27)7-26-9-21-23-14(26)28/h1-3,5,9H,4,6-8H2,(H,23,28). The number of alkyl halides is 3. The maximum absolute atomic E-state index is 14.0. The van der Waals surface area contributed by atoms with Gasteiger partial charge in [0.15, 0.2) is 5.41 Å². The molecule has 10 nitrogen and oxygen atoms in total. The van der Waals surface area contributed by atoms with E-state index < -0.39 is 48.6 Å². The van der Waals surface area contributed by atoms with Gasteiger partial charge in [0.25, 0.3) is 0 Å². The SMILES string of the molecule is O=C(Cn1cn[nH]c1=O)N1CCC(c2nc(-c3ccccn3)no2)(C(F)(F)F)C1. The van der Waals surface area contributed by atoms with Crippen molar-refractivity contribution in [3.05, 3.63) is 47.1 Å². The van der Waals surface area contributed by atoms with Gasteiger partial charge in [-0.3, -0.25) is 14.3 Å². The van der Waals surface area contributed by atoms with E-state index in [1.54, 1.807) is 18.2 Å². The molecule has 4 rings (SSSR count). The summed E-state index contributed by atoms with van der Waals surface area (Å²) >= 11 is 0. The number of rotatable bonds is 4. The second-order valence-electron chi connectivity index (χ2n) is 6.57. The van der Waals surface area contributed by atoms with E-state index in [-0.39, 0.29) is 18.1 Å². The number of amides is 1. The summed E-state index contributed by atoms with van der Waals surface area (Å²) in [4.78, 5) is 32.8. The van der Waals surface area contributed by atoms with Crippen molar-refractivity contribution >= 4 is 5.91 Å². The van der Waals surface area contributed by atoms with E-state index >= 15 is 0 Å². The first kappa shape index (κ1) is 18.8. The van der Waals surface area contributed by atoms with Gasteiger partial charge >= 0.3 is 11.9 Å². The molecule has 0 saturated carbocycles. The quantitative estimate of drug-likeness (QED) is 0.675. The number of aromatic nitrogens is 6. The third-order valence-corrected chi connectivity index (χ3v) is 4.82. The monoisotopic (exact) mass is 409 g/mol. The Kier molecular flexibility index (Phi) is 4.43. The number of aromatic amines is 1. The van der Waals surface area contributed by atoms with E-state index in [2.05, 4.69) is 25.3 Å². The summed E-state index contributed by atoms with van der Waals surface area (Å²) in [7, 11) is 0. The third kappa shape index (κ3) is 3.28. The van der Waals surface area contributed by atoms with Gasteiger partial charge in [-0.05, 0) is 18.6 Å². The van der Waals surface area contributed by atoms with Crippen LogP contribution >= 0.6 is 0 Å². The summed E-state index contributed by atoms with van der Waals surface area (Å²) in [6.07, 6.45) is -2.61. The number of likely N-dealkylation sites (tertiary alicyclic amines) is 1. The zero-order chi connectivity index (χ0) is 20.6. The molecular formula is C16H14F3N7O3. The Morgan fingerprint density at radius 2 is 2.17 bits per heavy atom. The van der Waals surface area contributed by atoms with Crippen molar-refractivity contribution in [2.75, 3.05) is 13.1 Å². The van der Waals surface area contributed by atoms with E-state index in [0.717, 1.165) is 15.8 Å². The first-order chi connectivity index (χ1) is 13.8. The molecule has 1 amide bonds. The maximum Gasteiger partial charge on any atom is 0.405 e. The Bertz CT molecular complexity index is 1080. The Morgan fingerprint density at radius 1 is 1.34 bits per heavy atom. The van der Waals surface area contributed by atoms with Crippen LogP contribution in [-0.2, 0) is 16.8 Å². The van der Waals surface area contributed by atoms with Crippen LogP contribution < -0.4 is 5.69 Å². The molecule has 3 aromatic rings. The molecule has 29 heavy (non-hydrogen) atoms. The summed E-state index contributed by atoms with van der Waals surface area (Å²) in [5.41, 5.74) is -2.86. The summed E-state index contributed by atoms with van der Waals surface area (Å²) in [5.74, 6) is -1.34. The largest absolute Gasteiger partial charge is 0.405 e. The molecule has 4 heterocycles. The van der Waals surface area contributed by atoms with Gasteiger partial charge in [0, 0.05) is 19.3 Å². The normalized spacial score (nSPS) is 19.6. The average molecular weight is 409 g/mol. The van der Waals surface area contributed by atoms with E-state index in [1.165, 1.54) is 6.20 Å². The first-order valence-corrected chi connectivity index (χ1v) is 8.50. The van der Waals surface area contributed by atoms with Crippen molar-refractivity contribution in [1.82, 2.24) is 34.8 Å². The van der Waals surface area contributed by atoms with Gasteiger partial charge in [-0.15, -0.1) is 0 Å². The van der Waals surface area contributed by atoms with Crippen LogP contribution in [0, 0.1) is 0 Å². The van der Waals surface area contributed by atoms with Crippen molar-refractivity contribution in [3.63, 3.8) is 0 Å². The summed E-state index contributed by atoms with van der Waals surface area (Å²) in [6, 6.07) is 4.83. The Hall–Kier alpha value is -3.51. The van der Waals surface area contributed by atoms with Gasteiger partial charge in [-0.2, -0.15) is 23.3 Å². The molecule has 1 fully saturated rings. The Labute approximate surface area is 160 Å². The number of carbonyl (C=O) groups excluding carboxylic acids is 1. The summed E-state index contributed by atoms with van der Waals surface area (Å²) in [6.45, 7) is -1.29. The lowest BCUT2D eigenvalue weighted by molar-refractivity contribution is -0.193. The van der Waals surface area contributed by atoms with Gasteiger partial charge in [0.05, 0.1) is 0 Å². The Morgan fingerprint density at radius 3 is 2.83 bits per heavy atom. The minimum atomic E-state index is -4.73. The predicted molar refractivity (Wildman–Crippen MR) is 89.3 cm³/mol. The number of halogens is 3. The number of hydrogen-bond acceptors (Lipinski definition) is 7. The summed E-state index contributed by atoms with van der Waals surface area (Å²) in [5, 5.41) is 9.22. The molecule has 0 aliphatic carbocycles. The van der Waals surface area contributed by atoms with Crippen molar-refractivity contribution in [1.29, 1.82) is 0 Å². The first-order valence-electron chi connectivity index (χ1n) is 8.50. The molecule has 152 valence electrons. The molecule has 0 aromatic carbocycles. The van der Waals surface area contributed by atoms with Crippen LogP contribution in [0.3, 0.4) is 0 Å². The van der Waals surface area contributed by atoms with E-state index in [0.29, 0.717) is 0 Å². The van der Waals surface area contributed by atoms with Crippen LogP contribution in [0.15, 0.2) is 40.0 Å². The molecule has 1 atom stereocenters. The number of pyridine rings is 1. The molecule has 13 heteroatoms. The van der Waals surface area contributed by atoms with Crippen LogP contribution in [0.5, 0.6) is 0 Å². The highest BCUT2D eigenvalue weighted by Crippen LogP contribution is 2.47. The molecule has 0 spiro atoms. The van der Waals surface area contributed by atoms with Crippen LogP contribution in [-0.4, -0.2) is 60.0 Å². The number of nitrogens with one attached hydrogen (secondary N) is 1. The van der Waals surface area contributed by atoms with Crippen molar-refractivity contribution in [2.24, 2.45) is 0 Å².